The number of hydrogen-bond donors (Lipinski definition) is 1. The first-order chi connectivity index (χ1) is 9.19. The van der Waals surface area contributed by atoms with Crippen LogP contribution in [-0.2, 0) is 6.61 Å². The van der Waals surface area contributed by atoms with Crippen molar-refractivity contribution < 1.29 is 18.4 Å². The van der Waals surface area contributed by atoms with E-state index in [1.165, 1.54) is 24.3 Å². The Hall–Kier alpha value is -2.43. The first-order valence-electron chi connectivity index (χ1n) is 5.57. The van der Waals surface area contributed by atoms with Gasteiger partial charge in [-0.25, -0.2) is 4.39 Å². The lowest BCUT2D eigenvalue weighted by molar-refractivity contribution is 0.0859. The summed E-state index contributed by atoms with van der Waals surface area (Å²) >= 11 is 0. The number of hydrogen-bond acceptors (Lipinski definition) is 2. The molecule has 0 spiro atoms. The van der Waals surface area contributed by atoms with Gasteiger partial charge in [-0.15, -0.1) is 0 Å². The molecular formula is C14H11F2NO2. The summed E-state index contributed by atoms with van der Waals surface area (Å²) in [6.45, 7) is 0.165. The van der Waals surface area contributed by atoms with Gasteiger partial charge in [0.15, 0.2) is 0 Å². The van der Waals surface area contributed by atoms with Crippen LogP contribution in [0.3, 0.4) is 0 Å². The van der Waals surface area contributed by atoms with Crippen molar-refractivity contribution in [3.05, 3.63) is 65.5 Å². The second-order valence-electron chi connectivity index (χ2n) is 3.87. The zero-order chi connectivity index (χ0) is 13.7. The largest absolute Gasteiger partial charge is 0.489 e. The quantitative estimate of drug-likeness (QED) is 0.861. The zero-order valence-corrected chi connectivity index (χ0v) is 9.90. The van der Waals surface area contributed by atoms with E-state index in [0.29, 0.717) is 11.3 Å². The highest BCUT2D eigenvalue weighted by Gasteiger charge is 2.06. The van der Waals surface area contributed by atoms with Crippen LogP contribution < -0.4 is 10.3 Å². The van der Waals surface area contributed by atoms with Crippen LogP contribution >= 0.6 is 0 Å². The maximum Gasteiger partial charge on any atom is 0.279 e. The molecule has 1 N–H and O–H groups in total. The number of amides is 1. The Bertz CT molecular complexity index is 587. The van der Waals surface area contributed by atoms with Crippen molar-refractivity contribution in [2.24, 2.45) is 0 Å². The number of benzene rings is 2. The summed E-state index contributed by atoms with van der Waals surface area (Å²) in [4.78, 5) is 11.1. The minimum absolute atomic E-state index is 0.152. The van der Waals surface area contributed by atoms with E-state index < -0.39 is 5.91 Å². The monoisotopic (exact) mass is 263 g/mol. The topological polar surface area (TPSA) is 38.3 Å². The standard InChI is InChI=1S/C14H11F2NO2/c15-12-5-1-3-10(7-12)9-19-13-6-2-4-11(8-13)14(18)17-16/h1-8H,9H2,(H,17,18). The van der Waals surface area contributed by atoms with Crippen molar-refractivity contribution in [3.8, 4) is 5.75 Å². The molecule has 0 heterocycles. The summed E-state index contributed by atoms with van der Waals surface area (Å²) < 4.78 is 30.4. The molecule has 98 valence electrons. The summed E-state index contributed by atoms with van der Waals surface area (Å²) in [5.74, 6) is -0.770. The van der Waals surface area contributed by atoms with E-state index in [0.717, 1.165) is 5.54 Å². The SMILES string of the molecule is O=C(NF)c1cccc(OCc2cccc(F)c2)c1. The molecule has 5 heteroatoms. The molecule has 0 atom stereocenters. The van der Waals surface area contributed by atoms with Crippen LogP contribution in [0.5, 0.6) is 5.75 Å². The molecule has 2 aromatic rings. The van der Waals surface area contributed by atoms with Crippen LogP contribution in [0.15, 0.2) is 48.5 Å². The molecule has 19 heavy (non-hydrogen) atoms. The highest BCUT2D eigenvalue weighted by Crippen LogP contribution is 2.15. The summed E-state index contributed by atoms with van der Waals surface area (Å²) in [5, 5.41) is 0. The number of rotatable bonds is 4. The fourth-order valence-electron chi connectivity index (χ4n) is 1.58. The molecule has 0 saturated heterocycles. The highest BCUT2D eigenvalue weighted by atomic mass is 19.2. The van der Waals surface area contributed by atoms with Crippen LogP contribution in [0.25, 0.3) is 0 Å². The van der Waals surface area contributed by atoms with Crippen LogP contribution in [0, 0.1) is 5.82 Å². The molecule has 0 aliphatic rings. The second-order valence-corrected chi connectivity index (χ2v) is 3.87. The Balaban J connectivity index is 2.05. The van der Waals surface area contributed by atoms with Crippen LogP contribution in [-0.4, -0.2) is 5.91 Å². The van der Waals surface area contributed by atoms with E-state index in [2.05, 4.69) is 0 Å². The number of halogens is 2. The van der Waals surface area contributed by atoms with E-state index in [1.54, 1.807) is 24.3 Å². The Morgan fingerprint density at radius 2 is 1.95 bits per heavy atom. The van der Waals surface area contributed by atoms with Gasteiger partial charge in [0.05, 0.1) is 0 Å². The lowest BCUT2D eigenvalue weighted by Gasteiger charge is -2.07. The van der Waals surface area contributed by atoms with Gasteiger partial charge in [0.25, 0.3) is 5.91 Å². The van der Waals surface area contributed by atoms with Crippen LogP contribution in [0.2, 0.25) is 0 Å². The van der Waals surface area contributed by atoms with Crippen molar-refractivity contribution in [3.63, 3.8) is 0 Å². The molecule has 0 aromatic heterocycles. The summed E-state index contributed by atoms with van der Waals surface area (Å²) in [5.41, 5.74) is 1.86. The molecule has 0 aliphatic carbocycles. The molecule has 1 amide bonds. The molecular weight excluding hydrogens is 252 g/mol. The van der Waals surface area contributed by atoms with Crippen molar-refractivity contribution in [2.75, 3.05) is 0 Å². The molecule has 2 aromatic carbocycles. The zero-order valence-electron chi connectivity index (χ0n) is 9.90. The Morgan fingerprint density at radius 3 is 2.68 bits per heavy atom. The summed E-state index contributed by atoms with van der Waals surface area (Å²) in [6, 6.07) is 12.1. The Labute approximate surface area is 108 Å². The normalized spacial score (nSPS) is 10.0. The number of carbonyl (C=O) groups is 1. The van der Waals surface area contributed by atoms with Gasteiger partial charge in [-0.3, -0.25) is 4.79 Å². The van der Waals surface area contributed by atoms with Gasteiger partial charge < -0.3 is 4.74 Å². The fourth-order valence-corrected chi connectivity index (χ4v) is 1.58. The fraction of sp³-hybridized carbons (Fsp3) is 0.0714. The van der Waals surface area contributed by atoms with E-state index in [4.69, 9.17) is 4.74 Å². The molecule has 0 bridgehead atoms. The van der Waals surface area contributed by atoms with Crippen molar-refractivity contribution in [1.82, 2.24) is 5.54 Å². The molecule has 0 aliphatic heterocycles. The lowest BCUT2D eigenvalue weighted by Crippen LogP contribution is -2.13. The second kappa shape index (κ2) is 5.95. The molecule has 0 radical (unpaired) electrons. The third kappa shape index (κ3) is 3.51. The highest BCUT2D eigenvalue weighted by molar-refractivity contribution is 5.93. The van der Waals surface area contributed by atoms with Gasteiger partial charge in [-0.05, 0) is 35.9 Å². The Morgan fingerprint density at radius 1 is 1.16 bits per heavy atom. The summed E-state index contributed by atoms with van der Waals surface area (Å²) in [6.07, 6.45) is 0. The molecule has 2 rings (SSSR count). The number of ether oxygens (including phenoxy) is 1. The summed E-state index contributed by atoms with van der Waals surface area (Å²) in [7, 11) is 0. The minimum Gasteiger partial charge on any atom is -0.489 e. The van der Waals surface area contributed by atoms with Gasteiger partial charge in [-0.1, -0.05) is 22.7 Å². The Kier molecular flexibility index (Phi) is 4.07. The lowest BCUT2D eigenvalue weighted by atomic mass is 10.2. The minimum atomic E-state index is -0.837. The van der Waals surface area contributed by atoms with Crippen LogP contribution in [0.4, 0.5) is 8.87 Å². The predicted octanol–water partition coefficient (Wildman–Crippen LogP) is 3.02. The number of carbonyl (C=O) groups excluding carboxylic acids is 1. The van der Waals surface area contributed by atoms with Crippen LogP contribution in [0.1, 0.15) is 15.9 Å². The predicted molar refractivity (Wildman–Crippen MR) is 65.7 cm³/mol. The first-order valence-corrected chi connectivity index (χ1v) is 5.57. The maximum atomic E-state index is 13.0. The van der Waals surface area contributed by atoms with Gasteiger partial charge in [0, 0.05) is 5.56 Å². The molecule has 3 nitrogen and oxygen atoms in total. The average Bonchev–Trinajstić information content (AvgIpc) is 2.45. The van der Waals surface area contributed by atoms with Gasteiger partial charge in [0.1, 0.15) is 18.2 Å². The molecule has 0 saturated carbocycles. The molecule has 0 unspecified atom stereocenters. The smallest absolute Gasteiger partial charge is 0.279 e. The number of nitrogens with one attached hydrogen (secondary N) is 1. The average molecular weight is 263 g/mol. The van der Waals surface area contributed by atoms with Gasteiger partial charge in [0.2, 0.25) is 0 Å². The third-order valence-corrected chi connectivity index (χ3v) is 2.48. The van der Waals surface area contributed by atoms with Crippen molar-refractivity contribution in [2.45, 2.75) is 6.61 Å². The van der Waals surface area contributed by atoms with E-state index in [9.17, 15) is 13.7 Å². The maximum absolute atomic E-state index is 13.0. The van der Waals surface area contributed by atoms with Gasteiger partial charge in [-0.2, -0.15) is 5.54 Å². The molecule has 0 fully saturated rings. The third-order valence-electron chi connectivity index (χ3n) is 2.48. The van der Waals surface area contributed by atoms with Crippen molar-refractivity contribution in [1.29, 1.82) is 0 Å². The van der Waals surface area contributed by atoms with E-state index >= 15 is 0 Å². The van der Waals surface area contributed by atoms with E-state index in [1.807, 2.05) is 0 Å². The van der Waals surface area contributed by atoms with Crippen molar-refractivity contribution >= 4 is 5.91 Å². The van der Waals surface area contributed by atoms with E-state index in [-0.39, 0.29) is 18.0 Å². The van der Waals surface area contributed by atoms with Gasteiger partial charge >= 0.3 is 0 Å². The first kappa shape index (κ1) is 13.0.